The molecule has 0 N–H and O–H groups in total. The fourth-order valence-corrected chi connectivity index (χ4v) is 0.981. The first kappa shape index (κ1) is 10.6. The van der Waals surface area contributed by atoms with Crippen LogP contribution in [0.1, 0.15) is 5.69 Å². The molecule has 0 radical (unpaired) electrons. The highest BCUT2D eigenvalue weighted by Crippen LogP contribution is 1.96. The van der Waals surface area contributed by atoms with E-state index in [4.69, 9.17) is 4.74 Å². The van der Waals surface area contributed by atoms with Crippen molar-refractivity contribution in [3.05, 3.63) is 18.0 Å². The summed E-state index contributed by atoms with van der Waals surface area (Å²) in [6.45, 7) is 2.90. The van der Waals surface area contributed by atoms with Crippen molar-refractivity contribution >= 4 is 6.09 Å². The first-order chi connectivity index (χ1) is 6.61. The number of aromatic nitrogens is 2. The molecule has 0 bridgehead atoms. The van der Waals surface area contributed by atoms with Gasteiger partial charge in [-0.15, -0.1) is 0 Å². The van der Waals surface area contributed by atoms with Crippen LogP contribution >= 0.6 is 0 Å². The quantitative estimate of drug-likeness (QED) is 0.723. The summed E-state index contributed by atoms with van der Waals surface area (Å²) in [6.07, 6.45) is 1.40. The minimum absolute atomic E-state index is 0.324. The summed E-state index contributed by atoms with van der Waals surface area (Å²) in [5.41, 5.74) is 1.06. The molecule has 0 aromatic carbocycles. The van der Waals surface area contributed by atoms with Crippen LogP contribution in [0.2, 0.25) is 0 Å². The van der Waals surface area contributed by atoms with Crippen molar-refractivity contribution in [3.63, 3.8) is 0 Å². The molecule has 0 aliphatic carbocycles. The van der Waals surface area contributed by atoms with Crippen molar-refractivity contribution in [1.82, 2.24) is 14.7 Å². The first-order valence-electron chi connectivity index (χ1n) is 4.43. The average molecular weight is 197 g/mol. The zero-order valence-corrected chi connectivity index (χ0v) is 8.73. The highest BCUT2D eigenvalue weighted by molar-refractivity contribution is 5.66. The van der Waals surface area contributed by atoms with Crippen LogP contribution in [0.25, 0.3) is 0 Å². The molecule has 0 unspecified atom stereocenters. The molecule has 0 aliphatic heterocycles. The van der Waals surface area contributed by atoms with Crippen molar-refractivity contribution < 1.29 is 9.53 Å². The van der Waals surface area contributed by atoms with Crippen LogP contribution in [-0.4, -0.2) is 41.5 Å². The lowest BCUT2D eigenvalue weighted by atomic mass is 10.5. The molecule has 1 rings (SSSR count). The smallest absolute Gasteiger partial charge is 0.409 e. The van der Waals surface area contributed by atoms with Crippen molar-refractivity contribution in [2.24, 2.45) is 0 Å². The number of aryl methyl sites for hydroxylation is 1. The Balaban J connectivity index is 2.29. The van der Waals surface area contributed by atoms with Gasteiger partial charge in [0.25, 0.3) is 0 Å². The lowest BCUT2D eigenvalue weighted by Crippen LogP contribution is -2.24. The van der Waals surface area contributed by atoms with E-state index in [1.807, 2.05) is 13.0 Å². The Hall–Kier alpha value is -1.52. The number of hydrogen-bond donors (Lipinski definition) is 0. The van der Waals surface area contributed by atoms with E-state index in [2.05, 4.69) is 5.10 Å². The van der Waals surface area contributed by atoms with Crippen molar-refractivity contribution in [2.75, 3.05) is 20.7 Å². The van der Waals surface area contributed by atoms with E-state index in [0.29, 0.717) is 13.2 Å². The highest BCUT2D eigenvalue weighted by atomic mass is 16.6. The third-order valence-corrected chi connectivity index (χ3v) is 1.82. The van der Waals surface area contributed by atoms with Gasteiger partial charge in [0, 0.05) is 26.0 Å². The monoisotopic (exact) mass is 197 g/mol. The van der Waals surface area contributed by atoms with E-state index in [0.717, 1.165) is 5.69 Å². The summed E-state index contributed by atoms with van der Waals surface area (Å²) in [7, 11) is 3.31. The van der Waals surface area contributed by atoms with E-state index < -0.39 is 0 Å². The Morgan fingerprint density at radius 2 is 2.36 bits per heavy atom. The Kier molecular flexibility index (Phi) is 3.50. The van der Waals surface area contributed by atoms with E-state index >= 15 is 0 Å². The average Bonchev–Trinajstić information content (AvgIpc) is 2.51. The zero-order chi connectivity index (χ0) is 10.6. The van der Waals surface area contributed by atoms with Gasteiger partial charge in [0.2, 0.25) is 0 Å². The molecule has 5 nitrogen and oxygen atoms in total. The van der Waals surface area contributed by atoms with Gasteiger partial charge >= 0.3 is 6.09 Å². The SMILES string of the molecule is Cc1ccnn1CCOC(=O)N(C)C. The van der Waals surface area contributed by atoms with Crippen LogP contribution in [0.15, 0.2) is 12.3 Å². The van der Waals surface area contributed by atoms with E-state index in [1.165, 1.54) is 4.90 Å². The predicted molar refractivity (Wildman–Crippen MR) is 52.0 cm³/mol. The van der Waals surface area contributed by atoms with Crippen molar-refractivity contribution in [1.29, 1.82) is 0 Å². The number of nitrogens with zero attached hydrogens (tertiary/aromatic N) is 3. The lowest BCUT2D eigenvalue weighted by molar-refractivity contribution is 0.113. The number of carbonyl (C=O) groups is 1. The van der Waals surface area contributed by atoms with Gasteiger partial charge in [-0.1, -0.05) is 0 Å². The normalized spacial score (nSPS) is 9.93. The largest absolute Gasteiger partial charge is 0.447 e. The van der Waals surface area contributed by atoms with Crippen LogP contribution in [0, 0.1) is 6.92 Å². The summed E-state index contributed by atoms with van der Waals surface area (Å²) >= 11 is 0. The Morgan fingerprint density at radius 1 is 1.64 bits per heavy atom. The van der Waals surface area contributed by atoms with E-state index in [9.17, 15) is 4.79 Å². The molecule has 78 valence electrons. The summed E-state index contributed by atoms with van der Waals surface area (Å²) in [4.78, 5) is 12.4. The maximum atomic E-state index is 11.0. The van der Waals surface area contributed by atoms with E-state index in [1.54, 1.807) is 25.0 Å². The topological polar surface area (TPSA) is 47.4 Å². The maximum absolute atomic E-state index is 11.0. The minimum atomic E-state index is -0.324. The van der Waals surface area contributed by atoms with Gasteiger partial charge in [0.05, 0.1) is 6.54 Å². The second-order valence-electron chi connectivity index (χ2n) is 3.20. The predicted octanol–water partition coefficient (Wildman–Crippen LogP) is 0.890. The molecule has 1 aromatic rings. The van der Waals surface area contributed by atoms with Gasteiger partial charge in [-0.3, -0.25) is 4.68 Å². The third kappa shape index (κ3) is 2.76. The fraction of sp³-hybridized carbons (Fsp3) is 0.556. The summed E-state index contributed by atoms with van der Waals surface area (Å²) in [5.74, 6) is 0. The van der Waals surface area contributed by atoms with Crippen LogP contribution in [0.4, 0.5) is 4.79 Å². The molecule has 14 heavy (non-hydrogen) atoms. The van der Waals surface area contributed by atoms with Gasteiger partial charge in [0.1, 0.15) is 6.61 Å². The molecule has 0 saturated carbocycles. The van der Waals surface area contributed by atoms with Crippen molar-refractivity contribution in [2.45, 2.75) is 13.5 Å². The molecule has 1 heterocycles. The molecule has 1 amide bonds. The molecule has 5 heteroatoms. The van der Waals surface area contributed by atoms with Crippen LogP contribution in [0.5, 0.6) is 0 Å². The van der Waals surface area contributed by atoms with Crippen LogP contribution in [0.3, 0.4) is 0 Å². The van der Waals surface area contributed by atoms with Gasteiger partial charge < -0.3 is 9.64 Å². The Bertz CT molecular complexity index is 307. The first-order valence-corrected chi connectivity index (χ1v) is 4.43. The molecule has 0 spiro atoms. The molecule has 1 aromatic heterocycles. The Morgan fingerprint density at radius 3 is 2.86 bits per heavy atom. The van der Waals surface area contributed by atoms with Crippen molar-refractivity contribution in [3.8, 4) is 0 Å². The van der Waals surface area contributed by atoms with Gasteiger partial charge in [-0.2, -0.15) is 5.10 Å². The summed E-state index contributed by atoms with van der Waals surface area (Å²) in [6, 6.07) is 1.91. The standard InChI is InChI=1S/C9H15N3O2/c1-8-4-5-10-12(8)6-7-14-9(13)11(2)3/h4-5H,6-7H2,1-3H3. The Labute approximate surface area is 83.3 Å². The molecule has 0 fully saturated rings. The van der Waals surface area contributed by atoms with Gasteiger partial charge in [0.15, 0.2) is 0 Å². The minimum Gasteiger partial charge on any atom is -0.447 e. The number of hydrogen-bond acceptors (Lipinski definition) is 3. The second kappa shape index (κ2) is 4.64. The molecule has 0 atom stereocenters. The fourth-order valence-electron chi connectivity index (χ4n) is 0.981. The molecular formula is C9H15N3O2. The summed E-state index contributed by atoms with van der Waals surface area (Å²) in [5, 5.41) is 4.07. The lowest BCUT2D eigenvalue weighted by Gasteiger charge is -2.11. The molecular weight excluding hydrogens is 182 g/mol. The highest BCUT2D eigenvalue weighted by Gasteiger charge is 2.04. The van der Waals surface area contributed by atoms with Gasteiger partial charge in [-0.25, -0.2) is 4.79 Å². The maximum Gasteiger partial charge on any atom is 0.409 e. The van der Waals surface area contributed by atoms with Crippen LogP contribution in [-0.2, 0) is 11.3 Å². The number of amides is 1. The summed E-state index contributed by atoms with van der Waals surface area (Å²) < 4.78 is 6.75. The molecule has 0 saturated heterocycles. The number of ether oxygens (including phenoxy) is 1. The van der Waals surface area contributed by atoms with E-state index in [-0.39, 0.29) is 6.09 Å². The van der Waals surface area contributed by atoms with Crippen LogP contribution < -0.4 is 0 Å². The molecule has 0 aliphatic rings. The number of carbonyl (C=O) groups excluding carboxylic acids is 1. The second-order valence-corrected chi connectivity index (χ2v) is 3.20. The van der Waals surface area contributed by atoms with Gasteiger partial charge in [-0.05, 0) is 13.0 Å². The number of rotatable bonds is 3. The zero-order valence-electron chi connectivity index (χ0n) is 8.73. The third-order valence-electron chi connectivity index (χ3n) is 1.82.